The lowest BCUT2D eigenvalue weighted by Crippen LogP contribution is -2.36. The minimum absolute atomic E-state index is 0.0974. The van der Waals surface area contributed by atoms with Gasteiger partial charge in [0.05, 0.1) is 12.2 Å². The molecule has 0 atom stereocenters. The van der Waals surface area contributed by atoms with E-state index in [0.29, 0.717) is 35.1 Å². The lowest BCUT2D eigenvalue weighted by molar-refractivity contribution is -0.117. The molecule has 0 aromatic heterocycles. The van der Waals surface area contributed by atoms with Crippen LogP contribution in [-0.2, 0) is 11.3 Å². The first kappa shape index (κ1) is 28.4. The summed E-state index contributed by atoms with van der Waals surface area (Å²) in [5, 5.41) is 3.66. The number of fused-ring (bicyclic) bond motifs is 1. The summed E-state index contributed by atoms with van der Waals surface area (Å²) in [5.41, 5.74) is 3.04. The average Bonchev–Trinajstić information content (AvgIpc) is 2.95. The number of halogens is 1. The molecule has 1 heterocycles. The Morgan fingerprint density at radius 3 is 2.33 bits per heavy atom. The van der Waals surface area contributed by atoms with Gasteiger partial charge in [0.25, 0.3) is 11.8 Å². The molecule has 2 amide bonds. The van der Waals surface area contributed by atoms with Gasteiger partial charge in [0.15, 0.2) is 11.5 Å². The van der Waals surface area contributed by atoms with E-state index in [0.717, 1.165) is 50.0 Å². The highest BCUT2D eigenvalue weighted by atomic mass is 35.5. The van der Waals surface area contributed by atoms with Crippen LogP contribution in [-0.4, -0.2) is 42.9 Å². The number of carbonyl (C=O) groups is 2. The van der Waals surface area contributed by atoms with Gasteiger partial charge in [-0.1, -0.05) is 61.8 Å². The molecular formula is C32H36ClN3O3. The van der Waals surface area contributed by atoms with Gasteiger partial charge in [0.2, 0.25) is 0 Å². The van der Waals surface area contributed by atoms with E-state index in [1.165, 1.54) is 0 Å². The summed E-state index contributed by atoms with van der Waals surface area (Å²) >= 11 is 6.04. The smallest absolute Gasteiger partial charge is 0.294 e. The van der Waals surface area contributed by atoms with Gasteiger partial charge in [-0.3, -0.25) is 14.5 Å². The lowest BCUT2D eigenvalue weighted by Gasteiger charge is -2.30. The van der Waals surface area contributed by atoms with Crippen molar-refractivity contribution >= 4 is 35.2 Å². The van der Waals surface area contributed by atoms with Gasteiger partial charge in [-0.25, -0.2) is 0 Å². The molecule has 0 radical (unpaired) electrons. The summed E-state index contributed by atoms with van der Waals surface area (Å²) in [6.07, 6.45) is 4.91. The average molecular weight is 546 g/mol. The fourth-order valence-electron chi connectivity index (χ4n) is 4.65. The summed E-state index contributed by atoms with van der Waals surface area (Å²) in [4.78, 5) is 30.2. The van der Waals surface area contributed by atoms with Gasteiger partial charge < -0.3 is 15.0 Å². The highest BCUT2D eigenvalue weighted by Crippen LogP contribution is 2.36. The number of ether oxygens (including phenoxy) is 1. The Balaban J connectivity index is 1.41. The molecule has 1 N–H and O–H groups in total. The molecule has 204 valence electrons. The second-order valence-corrected chi connectivity index (χ2v) is 10.1. The monoisotopic (exact) mass is 545 g/mol. The highest BCUT2D eigenvalue weighted by molar-refractivity contribution is 6.30. The SMILES string of the molecule is CCCN(CCC)CCCNC(=O)c1ccc(C=C2Oc3ccccc3N(Cc3ccc(Cl)cc3)C2=O)cc1. The quantitative estimate of drug-likeness (QED) is 0.207. The van der Waals surface area contributed by atoms with Crippen LogP contribution < -0.4 is 15.0 Å². The van der Waals surface area contributed by atoms with E-state index in [9.17, 15) is 9.59 Å². The number of benzene rings is 3. The zero-order chi connectivity index (χ0) is 27.6. The first-order chi connectivity index (χ1) is 19.0. The summed E-state index contributed by atoms with van der Waals surface area (Å²) in [7, 11) is 0. The van der Waals surface area contributed by atoms with Crippen molar-refractivity contribution in [3.63, 3.8) is 0 Å². The molecule has 39 heavy (non-hydrogen) atoms. The molecule has 1 aliphatic rings. The Morgan fingerprint density at radius 1 is 0.949 bits per heavy atom. The molecule has 0 saturated heterocycles. The minimum Gasteiger partial charge on any atom is -0.449 e. The first-order valence-corrected chi connectivity index (χ1v) is 14.0. The van der Waals surface area contributed by atoms with Crippen LogP contribution in [0.3, 0.4) is 0 Å². The number of rotatable bonds is 12. The molecule has 0 spiro atoms. The molecule has 0 aliphatic carbocycles. The van der Waals surface area contributed by atoms with Crippen molar-refractivity contribution in [3.05, 3.63) is 100 Å². The van der Waals surface area contributed by atoms with Crippen LogP contribution in [0, 0.1) is 0 Å². The van der Waals surface area contributed by atoms with Crippen molar-refractivity contribution in [3.8, 4) is 5.75 Å². The largest absolute Gasteiger partial charge is 0.449 e. The summed E-state index contributed by atoms with van der Waals surface area (Å²) in [5.74, 6) is 0.513. The predicted octanol–water partition coefficient (Wildman–Crippen LogP) is 6.55. The molecule has 4 rings (SSSR count). The number of carbonyl (C=O) groups excluding carboxylic acids is 2. The molecule has 0 unspecified atom stereocenters. The number of hydrogen-bond donors (Lipinski definition) is 1. The van der Waals surface area contributed by atoms with Crippen molar-refractivity contribution < 1.29 is 14.3 Å². The Morgan fingerprint density at radius 2 is 1.64 bits per heavy atom. The maximum atomic E-state index is 13.5. The van der Waals surface area contributed by atoms with E-state index < -0.39 is 0 Å². The third-order valence-electron chi connectivity index (χ3n) is 6.57. The van der Waals surface area contributed by atoms with Crippen molar-refractivity contribution in [2.24, 2.45) is 0 Å². The summed E-state index contributed by atoms with van der Waals surface area (Å²) < 4.78 is 6.00. The van der Waals surface area contributed by atoms with Gasteiger partial charge >= 0.3 is 0 Å². The minimum atomic E-state index is -0.231. The topological polar surface area (TPSA) is 61.9 Å². The van der Waals surface area contributed by atoms with Crippen LogP contribution in [0.4, 0.5) is 5.69 Å². The lowest BCUT2D eigenvalue weighted by atomic mass is 10.1. The molecule has 7 heteroatoms. The fraction of sp³-hybridized carbons (Fsp3) is 0.312. The van der Waals surface area contributed by atoms with Gasteiger partial charge in [-0.2, -0.15) is 0 Å². The van der Waals surface area contributed by atoms with E-state index in [-0.39, 0.29) is 17.6 Å². The van der Waals surface area contributed by atoms with Crippen LogP contribution in [0.2, 0.25) is 5.02 Å². The molecule has 6 nitrogen and oxygen atoms in total. The third kappa shape index (κ3) is 7.71. The molecular weight excluding hydrogens is 510 g/mol. The molecule has 0 saturated carbocycles. The zero-order valence-electron chi connectivity index (χ0n) is 22.7. The van der Waals surface area contributed by atoms with E-state index in [4.69, 9.17) is 16.3 Å². The van der Waals surface area contributed by atoms with Gasteiger partial charge in [0, 0.05) is 17.1 Å². The second-order valence-electron chi connectivity index (χ2n) is 9.67. The molecule has 1 aliphatic heterocycles. The normalized spacial score (nSPS) is 13.9. The van der Waals surface area contributed by atoms with Crippen molar-refractivity contribution in [2.45, 2.75) is 39.7 Å². The molecule has 0 fully saturated rings. The molecule has 3 aromatic rings. The van der Waals surface area contributed by atoms with E-state index in [2.05, 4.69) is 24.1 Å². The van der Waals surface area contributed by atoms with Crippen LogP contribution in [0.1, 0.15) is 54.6 Å². The Kier molecular flexibility index (Phi) is 10.2. The molecule has 3 aromatic carbocycles. The number of amides is 2. The number of anilines is 1. The number of nitrogens with zero attached hydrogens (tertiary/aromatic N) is 2. The fourth-order valence-corrected chi connectivity index (χ4v) is 4.77. The summed E-state index contributed by atoms with van der Waals surface area (Å²) in [6.45, 7) is 8.58. The Hall–Kier alpha value is -3.61. The van der Waals surface area contributed by atoms with Crippen LogP contribution in [0.25, 0.3) is 6.08 Å². The van der Waals surface area contributed by atoms with Crippen molar-refractivity contribution in [1.29, 1.82) is 0 Å². The van der Waals surface area contributed by atoms with E-state index in [1.54, 1.807) is 23.1 Å². The standard InChI is InChI=1S/C32H36ClN3O3/c1-3-19-35(20-4-2)21-7-18-34-31(37)26-14-10-24(11-15-26)22-30-32(38)36(23-25-12-16-27(33)17-13-25)28-8-5-6-9-29(28)39-30/h5-6,8-17,22H,3-4,7,18-21,23H2,1-2H3,(H,34,37). The molecule has 0 bridgehead atoms. The van der Waals surface area contributed by atoms with Crippen LogP contribution >= 0.6 is 11.6 Å². The van der Waals surface area contributed by atoms with Gasteiger partial charge in [0.1, 0.15) is 0 Å². The van der Waals surface area contributed by atoms with Crippen LogP contribution in [0.5, 0.6) is 5.75 Å². The summed E-state index contributed by atoms with van der Waals surface area (Å²) in [6, 6.07) is 22.1. The number of para-hydroxylation sites is 2. The highest BCUT2D eigenvalue weighted by Gasteiger charge is 2.30. The Labute approximate surface area is 236 Å². The maximum Gasteiger partial charge on any atom is 0.294 e. The Bertz CT molecular complexity index is 1280. The van der Waals surface area contributed by atoms with Crippen LogP contribution in [0.15, 0.2) is 78.6 Å². The maximum absolute atomic E-state index is 13.5. The van der Waals surface area contributed by atoms with E-state index >= 15 is 0 Å². The van der Waals surface area contributed by atoms with Crippen molar-refractivity contribution in [1.82, 2.24) is 10.2 Å². The first-order valence-electron chi connectivity index (χ1n) is 13.6. The van der Waals surface area contributed by atoms with Gasteiger partial charge in [-0.05, 0) is 92.5 Å². The van der Waals surface area contributed by atoms with E-state index in [1.807, 2.05) is 60.7 Å². The second kappa shape index (κ2) is 14.0. The number of hydrogen-bond acceptors (Lipinski definition) is 4. The van der Waals surface area contributed by atoms with Crippen molar-refractivity contribution in [2.75, 3.05) is 31.1 Å². The zero-order valence-corrected chi connectivity index (χ0v) is 23.4. The van der Waals surface area contributed by atoms with Gasteiger partial charge in [-0.15, -0.1) is 0 Å². The number of nitrogens with one attached hydrogen (secondary N) is 1. The predicted molar refractivity (Wildman–Crippen MR) is 158 cm³/mol. The third-order valence-corrected chi connectivity index (χ3v) is 6.82.